The molecule has 8 rings (SSSR count). The van der Waals surface area contributed by atoms with Crippen molar-refractivity contribution in [2.75, 3.05) is 9.80 Å². The molecule has 0 aliphatic rings. The predicted molar refractivity (Wildman–Crippen MR) is 208 cm³/mol. The summed E-state index contributed by atoms with van der Waals surface area (Å²) in [7, 11) is 0. The van der Waals surface area contributed by atoms with Crippen LogP contribution in [0.1, 0.15) is 33.4 Å². The molecule has 0 amide bonds. The van der Waals surface area contributed by atoms with Gasteiger partial charge in [0.15, 0.2) is 0 Å². The zero-order valence-corrected chi connectivity index (χ0v) is 28.6. The van der Waals surface area contributed by atoms with E-state index in [0.717, 1.165) is 11.4 Å². The van der Waals surface area contributed by atoms with Gasteiger partial charge in [-0.15, -0.1) is 0 Å². The highest BCUT2D eigenvalue weighted by molar-refractivity contribution is 6.29. The van der Waals surface area contributed by atoms with E-state index < -0.39 is 0 Å². The van der Waals surface area contributed by atoms with Crippen LogP contribution in [0.5, 0.6) is 0 Å². The molecule has 0 aliphatic heterocycles. The van der Waals surface area contributed by atoms with Crippen molar-refractivity contribution in [2.45, 2.75) is 41.5 Å². The number of hydrogen-bond acceptors (Lipinski definition) is 2. The second kappa shape index (κ2) is 11.6. The normalized spacial score (nSPS) is 11.5. The number of rotatable bonds is 6. The Morgan fingerprint density at radius 2 is 0.792 bits per heavy atom. The van der Waals surface area contributed by atoms with Gasteiger partial charge in [-0.2, -0.15) is 0 Å². The molecule has 8 aromatic rings. The summed E-state index contributed by atoms with van der Waals surface area (Å²) in [5.74, 6) is 0. The van der Waals surface area contributed by atoms with E-state index in [-0.39, 0.29) is 0 Å². The van der Waals surface area contributed by atoms with Crippen LogP contribution in [-0.4, -0.2) is 0 Å². The first-order valence-electron chi connectivity index (χ1n) is 16.9. The number of para-hydroxylation sites is 2. The minimum absolute atomic E-state index is 1.15. The topological polar surface area (TPSA) is 6.48 Å². The number of anilines is 6. The minimum atomic E-state index is 1.15. The van der Waals surface area contributed by atoms with Crippen LogP contribution in [0.15, 0.2) is 133 Å². The molecule has 0 aromatic heterocycles. The summed E-state index contributed by atoms with van der Waals surface area (Å²) in [5.41, 5.74) is 14.9. The summed E-state index contributed by atoms with van der Waals surface area (Å²) in [4.78, 5) is 4.87. The van der Waals surface area contributed by atoms with Gasteiger partial charge in [0, 0.05) is 33.5 Å². The van der Waals surface area contributed by atoms with E-state index in [1.807, 2.05) is 0 Å². The SMILES string of the molecule is Cc1cc(N(c2ccccc2)c2cc3ccc(N(c4ccccc4)c4cc(C)c(C)c(C)c4)c4ccc5cccc2c5c34)cc(C)c1C. The Labute approximate surface area is 283 Å². The van der Waals surface area contributed by atoms with Gasteiger partial charge in [-0.3, -0.25) is 0 Å². The summed E-state index contributed by atoms with van der Waals surface area (Å²) < 4.78 is 0. The number of benzene rings is 8. The fourth-order valence-electron chi connectivity index (χ4n) is 7.47. The summed E-state index contributed by atoms with van der Waals surface area (Å²) in [6, 6.07) is 49.3. The first kappa shape index (κ1) is 29.8. The van der Waals surface area contributed by atoms with Crippen molar-refractivity contribution in [1.82, 2.24) is 0 Å². The van der Waals surface area contributed by atoms with Crippen molar-refractivity contribution < 1.29 is 0 Å². The van der Waals surface area contributed by atoms with Crippen LogP contribution in [0.4, 0.5) is 34.1 Å². The second-order valence-corrected chi connectivity index (χ2v) is 13.3. The lowest BCUT2D eigenvalue weighted by Crippen LogP contribution is -2.13. The lowest BCUT2D eigenvalue weighted by Gasteiger charge is -2.31. The van der Waals surface area contributed by atoms with Crippen molar-refractivity contribution in [3.05, 3.63) is 167 Å². The van der Waals surface area contributed by atoms with Gasteiger partial charge < -0.3 is 9.80 Å². The van der Waals surface area contributed by atoms with E-state index in [0.29, 0.717) is 0 Å². The molecule has 234 valence electrons. The highest BCUT2D eigenvalue weighted by atomic mass is 15.2. The zero-order valence-electron chi connectivity index (χ0n) is 28.6. The highest BCUT2D eigenvalue weighted by Gasteiger charge is 2.23. The molecule has 0 fully saturated rings. The van der Waals surface area contributed by atoms with Crippen LogP contribution in [0, 0.1) is 41.5 Å². The maximum Gasteiger partial charge on any atom is 0.0546 e. The molecule has 48 heavy (non-hydrogen) atoms. The quantitative estimate of drug-likeness (QED) is 0.171. The fraction of sp³-hybridized carbons (Fsp3) is 0.130. The maximum absolute atomic E-state index is 2.44. The van der Waals surface area contributed by atoms with Gasteiger partial charge in [0.25, 0.3) is 0 Å². The van der Waals surface area contributed by atoms with Crippen LogP contribution in [0.25, 0.3) is 32.3 Å². The van der Waals surface area contributed by atoms with Crippen molar-refractivity contribution >= 4 is 66.4 Å². The Bertz CT molecular complexity index is 2410. The standard InChI is InChI=1S/C46H40N2/c1-29-24-39(25-30(2)33(29)5)47(37-15-9-7-10-16-37)43-23-21-36-28-44(41-19-13-14-35-20-22-42(43)46(36)45(35)41)48(38-17-11-8-12-18-38)40-26-31(3)34(6)32(4)27-40/h7-28H,1-6H3. The average Bonchev–Trinajstić information content (AvgIpc) is 3.10. The van der Waals surface area contributed by atoms with Crippen LogP contribution in [0.3, 0.4) is 0 Å². The maximum atomic E-state index is 2.44. The molecule has 0 radical (unpaired) electrons. The molecule has 2 nitrogen and oxygen atoms in total. The Balaban J connectivity index is 1.43. The van der Waals surface area contributed by atoms with Gasteiger partial charge in [-0.1, -0.05) is 72.8 Å². The molecule has 0 saturated carbocycles. The number of nitrogens with zero attached hydrogens (tertiary/aromatic N) is 2. The van der Waals surface area contributed by atoms with Gasteiger partial charge in [0.05, 0.1) is 11.4 Å². The van der Waals surface area contributed by atoms with E-state index in [1.165, 1.54) is 88.4 Å². The molecule has 0 N–H and O–H groups in total. The molecule has 8 aromatic carbocycles. The molecule has 0 aliphatic carbocycles. The van der Waals surface area contributed by atoms with E-state index in [1.54, 1.807) is 0 Å². The zero-order chi connectivity index (χ0) is 33.1. The average molecular weight is 621 g/mol. The predicted octanol–water partition coefficient (Wildman–Crippen LogP) is 13.4. The molecule has 0 atom stereocenters. The third-order valence-corrected chi connectivity index (χ3v) is 10.4. The number of aryl methyl sites for hydroxylation is 4. The molecule has 0 spiro atoms. The molecular formula is C46H40N2. The smallest absolute Gasteiger partial charge is 0.0546 e. The van der Waals surface area contributed by atoms with E-state index in [4.69, 9.17) is 0 Å². The van der Waals surface area contributed by atoms with Gasteiger partial charge >= 0.3 is 0 Å². The van der Waals surface area contributed by atoms with Crippen LogP contribution in [0.2, 0.25) is 0 Å². The van der Waals surface area contributed by atoms with Gasteiger partial charge in [-0.05, 0) is 157 Å². The molecule has 2 heteroatoms. The summed E-state index contributed by atoms with van der Waals surface area (Å²) in [6.07, 6.45) is 0. The monoisotopic (exact) mass is 620 g/mol. The lowest BCUT2D eigenvalue weighted by molar-refractivity contribution is 1.22. The molecule has 0 saturated heterocycles. The molecule has 0 unspecified atom stereocenters. The van der Waals surface area contributed by atoms with Crippen molar-refractivity contribution in [3.8, 4) is 0 Å². The van der Waals surface area contributed by atoms with E-state index >= 15 is 0 Å². The van der Waals surface area contributed by atoms with E-state index in [9.17, 15) is 0 Å². The van der Waals surface area contributed by atoms with Crippen molar-refractivity contribution in [1.29, 1.82) is 0 Å². The van der Waals surface area contributed by atoms with Gasteiger partial charge in [0.1, 0.15) is 0 Å². The summed E-state index contributed by atoms with van der Waals surface area (Å²) in [5, 5.41) is 7.58. The summed E-state index contributed by atoms with van der Waals surface area (Å²) in [6.45, 7) is 13.3. The van der Waals surface area contributed by atoms with Crippen LogP contribution >= 0.6 is 0 Å². The van der Waals surface area contributed by atoms with Gasteiger partial charge in [0.2, 0.25) is 0 Å². The first-order chi connectivity index (χ1) is 23.3. The number of hydrogen-bond donors (Lipinski definition) is 0. The Hall–Kier alpha value is -5.60. The van der Waals surface area contributed by atoms with Crippen LogP contribution in [-0.2, 0) is 0 Å². The van der Waals surface area contributed by atoms with Gasteiger partial charge in [-0.25, -0.2) is 0 Å². The first-order valence-corrected chi connectivity index (χ1v) is 16.9. The highest BCUT2D eigenvalue weighted by Crippen LogP contribution is 2.48. The molecule has 0 heterocycles. The molecular weight excluding hydrogens is 581 g/mol. The second-order valence-electron chi connectivity index (χ2n) is 13.3. The largest absolute Gasteiger partial charge is 0.310 e. The Morgan fingerprint density at radius 1 is 0.333 bits per heavy atom. The van der Waals surface area contributed by atoms with Crippen molar-refractivity contribution in [2.24, 2.45) is 0 Å². The Morgan fingerprint density at radius 3 is 1.33 bits per heavy atom. The fourth-order valence-corrected chi connectivity index (χ4v) is 7.47. The Kier molecular flexibility index (Phi) is 7.18. The molecule has 0 bridgehead atoms. The van der Waals surface area contributed by atoms with E-state index in [2.05, 4.69) is 185 Å². The lowest BCUT2D eigenvalue weighted by atomic mass is 9.91. The van der Waals surface area contributed by atoms with Crippen molar-refractivity contribution in [3.63, 3.8) is 0 Å². The third kappa shape index (κ3) is 4.79. The summed E-state index contributed by atoms with van der Waals surface area (Å²) >= 11 is 0. The van der Waals surface area contributed by atoms with Crippen LogP contribution < -0.4 is 9.80 Å². The third-order valence-electron chi connectivity index (χ3n) is 10.4. The minimum Gasteiger partial charge on any atom is -0.310 e.